The molecule has 0 fully saturated rings. The lowest BCUT2D eigenvalue weighted by Crippen LogP contribution is -2.34. The van der Waals surface area contributed by atoms with Crippen LogP contribution in [0.25, 0.3) is 0 Å². The molecule has 1 amide bonds. The monoisotopic (exact) mass is 474 g/mol. The predicted molar refractivity (Wildman–Crippen MR) is 123 cm³/mol. The Morgan fingerprint density at radius 1 is 0.909 bits per heavy atom. The minimum atomic E-state index is -0.504. The van der Waals surface area contributed by atoms with Crippen LogP contribution in [0.2, 0.25) is 0 Å². The molecule has 0 aliphatic rings. The van der Waals surface area contributed by atoms with Crippen molar-refractivity contribution in [2.75, 3.05) is 66.0 Å². The molecule has 0 aliphatic heterocycles. The standard InChI is InChI=1S/C23H42N2O8/c1-18(2)19(3)20-17-21(25-33-20)31-16-15-30-14-13-29-12-11-28-10-9-27-8-7-24-22(26)32-23(4,5)6/h17-19H,7-16H2,1-6H3,(H,24,26). The Bertz CT molecular complexity index is 630. The maximum atomic E-state index is 11.4. The lowest BCUT2D eigenvalue weighted by Gasteiger charge is -2.19. The third-order valence-electron chi connectivity index (χ3n) is 4.46. The molecule has 0 saturated heterocycles. The number of rotatable bonds is 18. The largest absolute Gasteiger partial charge is 0.473 e. The summed E-state index contributed by atoms with van der Waals surface area (Å²) < 4.78 is 37.7. The van der Waals surface area contributed by atoms with Gasteiger partial charge >= 0.3 is 6.09 Å². The number of alkyl carbamates (subject to hydrolysis) is 1. The fraction of sp³-hybridized carbons (Fsp3) is 0.826. The van der Waals surface area contributed by atoms with Gasteiger partial charge in [0.25, 0.3) is 5.88 Å². The van der Waals surface area contributed by atoms with E-state index in [2.05, 4.69) is 31.2 Å². The molecule has 1 unspecified atom stereocenters. The van der Waals surface area contributed by atoms with Crippen LogP contribution in [-0.2, 0) is 23.7 Å². The smallest absolute Gasteiger partial charge is 0.407 e. The SMILES string of the molecule is CC(C)C(C)c1cc(OCCOCCOCCOCCOCCNC(=O)OC(C)(C)C)no1. The van der Waals surface area contributed by atoms with Gasteiger partial charge in [-0.2, -0.15) is 0 Å². The summed E-state index contributed by atoms with van der Waals surface area (Å²) >= 11 is 0. The van der Waals surface area contributed by atoms with Crippen molar-refractivity contribution >= 4 is 6.09 Å². The van der Waals surface area contributed by atoms with Crippen LogP contribution in [0, 0.1) is 5.92 Å². The number of nitrogens with one attached hydrogen (secondary N) is 1. The van der Waals surface area contributed by atoms with Crippen molar-refractivity contribution in [2.24, 2.45) is 5.92 Å². The van der Waals surface area contributed by atoms with Crippen molar-refractivity contribution in [3.8, 4) is 5.88 Å². The molecular formula is C23H42N2O8. The predicted octanol–water partition coefficient (Wildman–Crippen LogP) is 3.40. The first-order chi connectivity index (χ1) is 15.7. The van der Waals surface area contributed by atoms with Crippen molar-refractivity contribution in [2.45, 2.75) is 53.1 Å². The van der Waals surface area contributed by atoms with Gasteiger partial charge in [0, 0.05) is 18.5 Å². The highest BCUT2D eigenvalue weighted by molar-refractivity contribution is 5.67. The molecule has 1 atom stereocenters. The molecule has 192 valence electrons. The van der Waals surface area contributed by atoms with Crippen LogP contribution >= 0.6 is 0 Å². The van der Waals surface area contributed by atoms with E-state index in [-0.39, 0.29) is 0 Å². The number of aromatic nitrogens is 1. The molecule has 0 spiro atoms. The molecule has 10 heteroatoms. The van der Waals surface area contributed by atoms with Gasteiger partial charge in [-0.25, -0.2) is 4.79 Å². The van der Waals surface area contributed by atoms with E-state index in [1.165, 1.54) is 0 Å². The van der Waals surface area contributed by atoms with Gasteiger partial charge in [-0.3, -0.25) is 0 Å². The second-order valence-electron chi connectivity index (χ2n) is 8.83. The van der Waals surface area contributed by atoms with Crippen LogP contribution in [0.15, 0.2) is 10.6 Å². The molecule has 10 nitrogen and oxygen atoms in total. The average Bonchev–Trinajstić information content (AvgIpc) is 3.20. The Morgan fingerprint density at radius 3 is 1.94 bits per heavy atom. The Balaban J connectivity index is 1.83. The summed E-state index contributed by atoms with van der Waals surface area (Å²) in [6, 6.07) is 1.83. The number of carbonyl (C=O) groups excluding carboxylic acids is 1. The fourth-order valence-electron chi connectivity index (χ4n) is 2.39. The summed E-state index contributed by atoms with van der Waals surface area (Å²) in [4.78, 5) is 11.4. The Morgan fingerprint density at radius 2 is 1.42 bits per heavy atom. The zero-order valence-corrected chi connectivity index (χ0v) is 21.0. The van der Waals surface area contributed by atoms with Gasteiger partial charge < -0.3 is 38.3 Å². The summed E-state index contributed by atoms with van der Waals surface area (Å²) in [7, 11) is 0. The van der Waals surface area contributed by atoms with Gasteiger partial charge in [0.05, 0.1) is 52.9 Å². The Labute approximate surface area is 197 Å². The van der Waals surface area contributed by atoms with E-state index in [4.69, 9.17) is 32.9 Å². The van der Waals surface area contributed by atoms with Crippen molar-refractivity contribution in [1.82, 2.24) is 10.5 Å². The van der Waals surface area contributed by atoms with Crippen molar-refractivity contribution < 1.29 is 37.7 Å². The molecule has 1 aromatic heterocycles. The molecule has 0 bridgehead atoms. The number of carbonyl (C=O) groups is 1. The minimum Gasteiger partial charge on any atom is -0.473 e. The normalized spacial score (nSPS) is 12.7. The van der Waals surface area contributed by atoms with Gasteiger partial charge in [-0.1, -0.05) is 20.8 Å². The number of ether oxygens (including phenoxy) is 6. The average molecular weight is 475 g/mol. The van der Waals surface area contributed by atoms with E-state index in [1.807, 2.05) is 26.8 Å². The lowest BCUT2D eigenvalue weighted by atomic mass is 9.96. The third kappa shape index (κ3) is 15.6. The minimum absolute atomic E-state index is 0.299. The molecule has 0 saturated carbocycles. The zero-order chi connectivity index (χ0) is 24.5. The first kappa shape index (κ1) is 29.2. The van der Waals surface area contributed by atoms with Gasteiger partial charge in [0.15, 0.2) is 0 Å². The molecule has 33 heavy (non-hydrogen) atoms. The first-order valence-electron chi connectivity index (χ1n) is 11.6. The Kier molecular flexibility index (Phi) is 14.7. The number of hydrogen-bond donors (Lipinski definition) is 1. The van der Waals surface area contributed by atoms with Crippen molar-refractivity contribution in [3.63, 3.8) is 0 Å². The van der Waals surface area contributed by atoms with Crippen LogP contribution < -0.4 is 10.1 Å². The Hall–Kier alpha value is -1.88. The first-order valence-corrected chi connectivity index (χ1v) is 11.6. The summed E-state index contributed by atoms with van der Waals surface area (Å²) in [6.07, 6.45) is -0.448. The molecule has 1 aromatic rings. The summed E-state index contributed by atoms with van der Waals surface area (Å²) in [5.74, 6) is 2.09. The van der Waals surface area contributed by atoms with E-state index in [0.717, 1.165) is 5.76 Å². The summed E-state index contributed by atoms with van der Waals surface area (Å²) in [5, 5.41) is 6.55. The molecule has 0 radical (unpaired) electrons. The molecule has 1 N–H and O–H groups in total. The highest BCUT2D eigenvalue weighted by Gasteiger charge is 2.16. The molecule has 0 aliphatic carbocycles. The zero-order valence-electron chi connectivity index (χ0n) is 21.0. The fourth-order valence-corrected chi connectivity index (χ4v) is 2.39. The van der Waals surface area contributed by atoms with Crippen LogP contribution in [-0.4, -0.2) is 82.9 Å². The van der Waals surface area contributed by atoms with E-state index in [0.29, 0.717) is 83.7 Å². The number of nitrogens with zero attached hydrogens (tertiary/aromatic N) is 1. The van der Waals surface area contributed by atoms with Crippen molar-refractivity contribution in [3.05, 3.63) is 11.8 Å². The molecule has 1 rings (SSSR count). The summed E-state index contributed by atoms with van der Waals surface area (Å²) in [5.41, 5.74) is -0.504. The number of hydrogen-bond acceptors (Lipinski definition) is 9. The van der Waals surface area contributed by atoms with E-state index in [9.17, 15) is 4.79 Å². The summed E-state index contributed by atoms with van der Waals surface area (Å²) in [6.45, 7) is 16.3. The topological polar surface area (TPSA) is 111 Å². The van der Waals surface area contributed by atoms with Crippen molar-refractivity contribution in [1.29, 1.82) is 0 Å². The van der Waals surface area contributed by atoms with Gasteiger partial charge in [0.1, 0.15) is 18.0 Å². The molecular weight excluding hydrogens is 432 g/mol. The van der Waals surface area contributed by atoms with Gasteiger partial charge in [-0.05, 0) is 31.8 Å². The van der Waals surface area contributed by atoms with Gasteiger partial charge in [-0.15, -0.1) is 0 Å². The van der Waals surface area contributed by atoms with Crippen LogP contribution in [0.3, 0.4) is 0 Å². The van der Waals surface area contributed by atoms with E-state index < -0.39 is 11.7 Å². The van der Waals surface area contributed by atoms with Crippen LogP contribution in [0.1, 0.15) is 53.2 Å². The second-order valence-corrected chi connectivity index (χ2v) is 8.83. The number of amides is 1. The molecule has 0 aromatic carbocycles. The van der Waals surface area contributed by atoms with E-state index >= 15 is 0 Å². The maximum Gasteiger partial charge on any atom is 0.407 e. The highest BCUT2D eigenvalue weighted by atomic mass is 16.6. The van der Waals surface area contributed by atoms with Gasteiger partial charge in [0.2, 0.25) is 0 Å². The molecule has 1 heterocycles. The van der Waals surface area contributed by atoms with E-state index in [1.54, 1.807) is 0 Å². The second kappa shape index (κ2) is 16.7. The highest BCUT2D eigenvalue weighted by Crippen LogP contribution is 2.26. The quantitative estimate of drug-likeness (QED) is 0.320. The lowest BCUT2D eigenvalue weighted by molar-refractivity contribution is -0.00476. The van der Waals surface area contributed by atoms with Crippen LogP contribution in [0.5, 0.6) is 5.88 Å². The van der Waals surface area contributed by atoms with Crippen LogP contribution in [0.4, 0.5) is 4.79 Å². The maximum absolute atomic E-state index is 11.4. The third-order valence-corrected chi connectivity index (χ3v) is 4.46.